The first-order chi connectivity index (χ1) is 5.54. The average molecular weight is 304 g/mol. The van der Waals surface area contributed by atoms with E-state index in [0.717, 1.165) is 0 Å². The topological polar surface area (TPSA) is 18.5 Å². The van der Waals surface area contributed by atoms with Crippen molar-refractivity contribution in [3.8, 4) is 0 Å². The Morgan fingerprint density at radius 3 is 1.21 bits per heavy atom. The molecule has 2 nitrogen and oxygen atoms in total. The van der Waals surface area contributed by atoms with E-state index in [2.05, 4.69) is 59.2 Å². The fourth-order valence-corrected chi connectivity index (χ4v) is 0.707. The monoisotopic (exact) mass is 304 g/mol. The standard InChI is InChI=1S/2C3H6OS2.K.Na/c2*1-2-4-3(5)6;;/h2*2H2,1H3,(H,5,6);;/q;;2*+1/p-2. The molecule has 0 rings (SSSR count). The second-order valence-corrected chi connectivity index (χ2v) is 3.37. The minimum atomic E-state index is 0. The van der Waals surface area contributed by atoms with E-state index in [-0.39, 0.29) is 89.7 Å². The predicted molar refractivity (Wildman–Crippen MR) is 63.2 cm³/mol. The third kappa shape index (κ3) is 36.4. The van der Waals surface area contributed by atoms with Gasteiger partial charge < -0.3 is 59.2 Å². The van der Waals surface area contributed by atoms with Gasteiger partial charge in [-0.25, -0.2) is 0 Å². The van der Waals surface area contributed by atoms with Gasteiger partial charge in [0.1, 0.15) is 0 Å². The number of thiocarbonyl (C=S) groups is 2. The largest absolute Gasteiger partial charge is 1.00 e. The average Bonchev–Trinajstić information content (AvgIpc) is 1.87. The molecule has 14 heavy (non-hydrogen) atoms. The number of hydrogen-bond acceptors (Lipinski definition) is 6. The first-order valence-corrected chi connectivity index (χ1v) is 4.85. The maximum absolute atomic E-state index is 4.59. The van der Waals surface area contributed by atoms with Crippen molar-refractivity contribution in [2.75, 3.05) is 13.2 Å². The molecule has 0 heterocycles. The molecule has 0 radical (unpaired) electrons. The molecule has 0 aromatic heterocycles. The minimum Gasteiger partial charge on any atom is -0.514 e. The molecule has 0 aliphatic carbocycles. The summed E-state index contributed by atoms with van der Waals surface area (Å²) in [5.74, 6) is 0. The summed E-state index contributed by atoms with van der Waals surface area (Å²) >= 11 is 17.5. The van der Waals surface area contributed by atoms with Crippen LogP contribution < -0.4 is 80.9 Å². The summed E-state index contributed by atoms with van der Waals surface area (Å²) in [5.41, 5.74) is 0. The zero-order valence-corrected chi connectivity index (χ0v) is 17.3. The Hall–Kier alpha value is 2.86. The number of rotatable bonds is 2. The molecule has 0 fully saturated rings. The molecule has 0 atom stereocenters. The Kier molecular flexibility index (Phi) is 38.8. The van der Waals surface area contributed by atoms with Crippen molar-refractivity contribution in [2.45, 2.75) is 13.8 Å². The van der Waals surface area contributed by atoms with E-state index in [1.165, 1.54) is 0 Å². The second-order valence-electron chi connectivity index (χ2n) is 1.37. The molecule has 0 N–H and O–H groups in total. The van der Waals surface area contributed by atoms with Crippen LogP contribution in [-0.4, -0.2) is 22.0 Å². The molecule has 0 saturated heterocycles. The Morgan fingerprint density at radius 1 is 1.00 bits per heavy atom. The molecule has 8 heteroatoms. The summed E-state index contributed by atoms with van der Waals surface area (Å²) in [6, 6.07) is 0. The van der Waals surface area contributed by atoms with Gasteiger partial charge in [0.25, 0.3) is 0 Å². The molecule has 0 bridgehead atoms. The summed E-state index contributed by atoms with van der Waals surface area (Å²) in [6.45, 7) is 4.86. The van der Waals surface area contributed by atoms with Crippen LogP contribution in [0.25, 0.3) is 0 Å². The van der Waals surface area contributed by atoms with E-state index >= 15 is 0 Å². The first kappa shape index (κ1) is 25.6. The van der Waals surface area contributed by atoms with Crippen LogP contribution in [0, 0.1) is 0 Å². The summed E-state index contributed by atoms with van der Waals surface area (Å²) in [5, 5.41) is 0. The molecule has 0 aliphatic heterocycles. The van der Waals surface area contributed by atoms with Gasteiger partial charge in [-0.2, -0.15) is 0 Å². The van der Waals surface area contributed by atoms with Gasteiger partial charge in [-0.1, -0.05) is 0 Å². The van der Waals surface area contributed by atoms with E-state index in [9.17, 15) is 0 Å². The molecular formula is C6H10KNaO2S4. The molecule has 0 unspecified atom stereocenters. The van der Waals surface area contributed by atoms with Crippen molar-refractivity contribution in [3.05, 3.63) is 0 Å². The number of hydrogen-bond donors (Lipinski definition) is 0. The minimum absolute atomic E-state index is 0. The van der Waals surface area contributed by atoms with Gasteiger partial charge in [0, 0.05) is 8.77 Å². The molecule has 72 valence electrons. The molecule has 0 aromatic rings. The summed E-state index contributed by atoms with van der Waals surface area (Å²) < 4.78 is 9.59. The van der Waals surface area contributed by atoms with Crippen molar-refractivity contribution in [2.24, 2.45) is 0 Å². The van der Waals surface area contributed by atoms with Crippen molar-refractivity contribution >= 4 is 58.5 Å². The normalized spacial score (nSPS) is 6.43. The van der Waals surface area contributed by atoms with Crippen LogP contribution >= 0.6 is 24.4 Å². The van der Waals surface area contributed by atoms with Gasteiger partial charge in [0.05, 0.1) is 13.2 Å². The second kappa shape index (κ2) is 21.2. The van der Waals surface area contributed by atoms with Gasteiger partial charge in [-0.3, -0.25) is 0 Å². The zero-order valence-electron chi connectivity index (χ0n) is 8.86. The fraction of sp³-hybridized carbons (Fsp3) is 0.667. The van der Waals surface area contributed by atoms with E-state index in [0.29, 0.717) is 13.2 Å². The van der Waals surface area contributed by atoms with Gasteiger partial charge >= 0.3 is 80.9 Å². The summed E-state index contributed by atoms with van der Waals surface area (Å²) in [6.07, 6.45) is 0. The molecular weight excluding hydrogens is 294 g/mol. The first-order valence-electron chi connectivity index (χ1n) is 3.22. The third-order valence-corrected chi connectivity index (χ3v) is 0.996. The van der Waals surface area contributed by atoms with Crippen molar-refractivity contribution < 1.29 is 90.4 Å². The van der Waals surface area contributed by atoms with Crippen LogP contribution in [0.2, 0.25) is 0 Å². The van der Waals surface area contributed by atoms with Crippen LogP contribution in [0.15, 0.2) is 0 Å². The number of ether oxygens (including phenoxy) is 2. The molecule has 0 aliphatic rings. The maximum Gasteiger partial charge on any atom is 1.00 e. The summed E-state index contributed by atoms with van der Waals surface area (Å²) in [7, 11) is 0. The molecule has 0 spiro atoms. The SMILES string of the molecule is CCOC(=S)[S-].CCOC(=S)[S-].[K+].[Na+]. The van der Waals surface area contributed by atoms with Crippen LogP contribution in [0.3, 0.4) is 0 Å². The van der Waals surface area contributed by atoms with Crippen LogP contribution in [-0.2, 0) is 34.7 Å². The Balaban J connectivity index is -0.0000000625. The van der Waals surface area contributed by atoms with Crippen molar-refractivity contribution in [1.82, 2.24) is 0 Å². The van der Waals surface area contributed by atoms with Crippen molar-refractivity contribution in [3.63, 3.8) is 0 Å². The third-order valence-electron chi connectivity index (χ3n) is 0.524. The molecule has 0 saturated carbocycles. The zero-order chi connectivity index (χ0) is 9.98. The quantitative estimate of drug-likeness (QED) is 0.290. The van der Waals surface area contributed by atoms with E-state index < -0.39 is 0 Å². The summed E-state index contributed by atoms with van der Waals surface area (Å²) in [4.78, 5) is 0. The maximum atomic E-state index is 4.59. The van der Waals surface area contributed by atoms with Gasteiger partial charge in [-0.05, 0) is 13.8 Å². The molecule has 0 amide bonds. The van der Waals surface area contributed by atoms with Crippen LogP contribution in [0.5, 0.6) is 0 Å². The van der Waals surface area contributed by atoms with Gasteiger partial charge in [-0.15, -0.1) is 0 Å². The Bertz CT molecular complexity index is 132. The van der Waals surface area contributed by atoms with E-state index in [4.69, 9.17) is 0 Å². The Labute approximate surface area is 172 Å². The van der Waals surface area contributed by atoms with Gasteiger partial charge in [0.15, 0.2) is 0 Å². The van der Waals surface area contributed by atoms with Gasteiger partial charge in [0.2, 0.25) is 0 Å². The Morgan fingerprint density at radius 2 is 1.21 bits per heavy atom. The van der Waals surface area contributed by atoms with E-state index in [1.54, 1.807) is 0 Å². The fourth-order valence-electron chi connectivity index (χ4n) is 0.236. The smallest absolute Gasteiger partial charge is 0.514 e. The van der Waals surface area contributed by atoms with E-state index in [1.807, 2.05) is 13.8 Å². The van der Waals surface area contributed by atoms with Crippen LogP contribution in [0.1, 0.15) is 13.8 Å². The molecule has 0 aromatic carbocycles. The van der Waals surface area contributed by atoms with Crippen LogP contribution in [0.4, 0.5) is 0 Å². The van der Waals surface area contributed by atoms with Crippen molar-refractivity contribution in [1.29, 1.82) is 0 Å². The predicted octanol–water partition coefficient (Wildman–Crippen LogP) is -4.28.